The molecule has 0 aliphatic carbocycles. The van der Waals surface area contributed by atoms with E-state index in [0.29, 0.717) is 0 Å². The van der Waals surface area contributed by atoms with Gasteiger partial charge in [-0.15, -0.1) is 0 Å². The van der Waals surface area contributed by atoms with Crippen molar-refractivity contribution in [2.75, 3.05) is 0 Å². The van der Waals surface area contributed by atoms with Crippen LogP contribution in [0.1, 0.15) is 0 Å². The summed E-state index contributed by atoms with van der Waals surface area (Å²) in [6, 6.07) is 22.7. The predicted octanol–water partition coefficient (Wildman–Crippen LogP) is 4.93. The highest BCUT2D eigenvalue weighted by Gasteiger charge is 2.11. The molecule has 2 aromatic carbocycles. The minimum absolute atomic E-state index is 0.890. The number of H-pyrrole nitrogens is 1. The Morgan fingerprint density at radius 3 is 2.61 bits per heavy atom. The predicted molar refractivity (Wildman–Crippen MR) is 94.3 cm³/mol. The number of aromatic nitrogens is 3. The van der Waals surface area contributed by atoms with Crippen LogP contribution in [0.4, 0.5) is 0 Å². The van der Waals surface area contributed by atoms with Gasteiger partial charge in [0, 0.05) is 27.9 Å². The molecule has 3 heterocycles. The average Bonchev–Trinajstić information content (AvgIpc) is 3.00. The van der Waals surface area contributed by atoms with E-state index in [9.17, 15) is 0 Å². The first-order chi connectivity index (χ1) is 11.4. The van der Waals surface area contributed by atoms with Crippen molar-refractivity contribution < 1.29 is 0 Å². The van der Waals surface area contributed by atoms with E-state index in [4.69, 9.17) is 4.98 Å². The van der Waals surface area contributed by atoms with Gasteiger partial charge >= 0.3 is 0 Å². The van der Waals surface area contributed by atoms with Crippen LogP contribution in [0.5, 0.6) is 0 Å². The number of aromatic amines is 1. The first kappa shape index (κ1) is 12.4. The molecule has 0 saturated carbocycles. The smallest absolute Gasteiger partial charge is 0.113 e. The Hall–Kier alpha value is -3.20. The fourth-order valence-corrected chi connectivity index (χ4v) is 3.17. The quantitative estimate of drug-likeness (QED) is 0.476. The summed E-state index contributed by atoms with van der Waals surface area (Å²) in [4.78, 5) is 12.9. The molecule has 3 aromatic heterocycles. The van der Waals surface area contributed by atoms with Crippen molar-refractivity contribution in [3.63, 3.8) is 0 Å². The lowest BCUT2D eigenvalue weighted by molar-refractivity contribution is 1.29. The van der Waals surface area contributed by atoms with Crippen molar-refractivity contribution in [3.8, 4) is 11.4 Å². The summed E-state index contributed by atoms with van der Waals surface area (Å²) in [6.07, 6.45) is 1.86. The van der Waals surface area contributed by atoms with Crippen LogP contribution in [-0.2, 0) is 0 Å². The first-order valence-corrected chi connectivity index (χ1v) is 7.62. The molecule has 0 fully saturated rings. The molecule has 23 heavy (non-hydrogen) atoms. The summed E-state index contributed by atoms with van der Waals surface area (Å²) >= 11 is 0. The average molecular weight is 295 g/mol. The fraction of sp³-hybridized carbons (Fsp3) is 0. The van der Waals surface area contributed by atoms with Gasteiger partial charge in [-0.2, -0.15) is 0 Å². The number of benzene rings is 2. The molecule has 5 aromatic rings. The van der Waals surface area contributed by atoms with Crippen molar-refractivity contribution >= 4 is 32.7 Å². The number of nitrogens with one attached hydrogen (secondary N) is 1. The summed E-state index contributed by atoms with van der Waals surface area (Å²) < 4.78 is 0. The van der Waals surface area contributed by atoms with Crippen LogP contribution in [0.15, 0.2) is 72.9 Å². The van der Waals surface area contributed by atoms with Crippen LogP contribution in [0.3, 0.4) is 0 Å². The first-order valence-electron chi connectivity index (χ1n) is 7.62. The Balaban J connectivity index is 1.84. The van der Waals surface area contributed by atoms with Crippen LogP contribution in [0.25, 0.3) is 44.1 Å². The summed E-state index contributed by atoms with van der Waals surface area (Å²) in [5.41, 5.74) is 4.93. The topological polar surface area (TPSA) is 41.6 Å². The Kier molecular flexibility index (Phi) is 2.50. The molecule has 0 aliphatic rings. The van der Waals surface area contributed by atoms with E-state index in [-0.39, 0.29) is 0 Å². The number of hydrogen-bond acceptors (Lipinski definition) is 2. The highest BCUT2D eigenvalue weighted by Crippen LogP contribution is 2.31. The maximum absolute atomic E-state index is 4.78. The molecule has 0 saturated heterocycles. The number of nitrogens with zero attached hydrogens (tertiary/aromatic N) is 2. The van der Waals surface area contributed by atoms with E-state index >= 15 is 0 Å². The van der Waals surface area contributed by atoms with Crippen LogP contribution >= 0.6 is 0 Å². The Labute approximate surface area is 132 Å². The molecule has 0 unspecified atom stereocenters. The van der Waals surface area contributed by atoms with Gasteiger partial charge in [0.2, 0.25) is 0 Å². The number of rotatable bonds is 1. The van der Waals surface area contributed by atoms with Crippen molar-refractivity contribution in [1.29, 1.82) is 0 Å². The minimum atomic E-state index is 0.890. The van der Waals surface area contributed by atoms with Gasteiger partial charge in [0.1, 0.15) is 5.69 Å². The second kappa shape index (κ2) is 4.65. The number of pyridine rings is 2. The Bertz CT molecular complexity index is 1170. The van der Waals surface area contributed by atoms with Gasteiger partial charge in [-0.25, -0.2) is 4.98 Å². The molecule has 0 amide bonds. The van der Waals surface area contributed by atoms with E-state index < -0.39 is 0 Å². The zero-order chi connectivity index (χ0) is 15.2. The zero-order valence-corrected chi connectivity index (χ0v) is 12.3. The molecule has 3 nitrogen and oxygen atoms in total. The zero-order valence-electron chi connectivity index (χ0n) is 12.3. The number of para-hydroxylation sites is 2. The van der Waals surface area contributed by atoms with Gasteiger partial charge in [-0.05, 0) is 24.3 Å². The Morgan fingerprint density at radius 1 is 0.739 bits per heavy atom. The van der Waals surface area contributed by atoms with Crippen molar-refractivity contribution in [3.05, 3.63) is 72.9 Å². The monoisotopic (exact) mass is 295 g/mol. The highest BCUT2D eigenvalue weighted by molar-refractivity contribution is 6.10. The third-order valence-electron chi connectivity index (χ3n) is 4.27. The second-order valence-corrected chi connectivity index (χ2v) is 5.64. The van der Waals surface area contributed by atoms with Crippen LogP contribution in [0, 0.1) is 0 Å². The number of hydrogen-bond donors (Lipinski definition) is 1. The Morgan fingerprint density at radius 2 is 1.61 bits per heavy atom. The van der Waals surface area contributed by atoms with Crippen LogP contribution in [0.2, 0.25) is 0 Å². The molecule has 0 atom stereocenters. The number of fused-ring (bicyclic) bond motifs is 4. The van der Waals surface area contributed by atoms with Crippen molar-refractivity contribution in [1.82, 2.24) is 15.0 Å². The van der Waals surface area contributed by atoms with Gasteiger partial charge in [0.05, 0.1) is 16.7 Å². The van der Waals surface area contributed by atoms with Gasteiger partial charge in [0.25, 0.3) is 0 Å². The van der Waals surface area contributed by atoms with E-state index in [1.807, 2.05) is 36.5 Å². The fourth-order valence-electron chi connectivity index (χ4n) is 3.17. The third kappa shape index (κ3) is 1.83. The molecule has 1 N–H and O–H groups in total. The van der Waals surface area contributed by atoms with E-state index in [2.05, 4.69) is 46.4 Å². The molecule has 0 spiro atoms. The van der Waals surface area contributed by atoms with Crippen LogP contribution in [-0.4, -0.2) is 15.0 Å². The lowest BCUT2D eigenvalue weighted by Crippen LogP contribution is -1.89. The molecule has 3 heteroatoms. The summed E-state index contributed by atoms with van der Waals surface area (Å²) in [7, 11) is 0. The molecule has 108 valence electrons. The molecular formula is C20H13N3. The summed E-state index contributed by atoms with van der Waals surface area (Å²) in [6.45, 7) is 0. The maximum Gasteiger partial charge on any atom is 0.113 e. The largest absolute Gasteiger partial charge is 0.353 e. The molecule has 0 radical (unpaired) electrons. The summed E-state index contributed by atoms with van der Waals surface area (Å²) in [5.74, 6) is 0. The summed E-state index contributed by atoms with van der Waals surface area (Å²) in [5, 5.41) is 3.53. The minimum Gasteiger partial charge on any atom is -0.353 e. The van der Waals surface area contributed by atoms with Crippen molar-refractivity contribution in [2.45, 2.75) is 0 Å². The highest BCUT2D eigenvalue weighted by atomic mass is 14.8. The maximum atomic E-state index is 4.78. The normalized spacial score (nSPS) is 11.5. The van der Waals surface area contributed by atoms with Gasteiger partial charge in [0.15, 0.2) is 0 Å². The van der Waals surface area contributed by atoms with Crippen LogP contribution < -0.4 is 0 Å². The van der Waals surface area contributed by atoms with Gasteiger partial charge in [-0.3, -0.25) is 4.98 Å². The lowest BCUT2D eigenvalue weighted by atomic mass is 10.1. The SMILES string of the molecule is c1ccc2nc(-c3nccc4c3[nH]c3ccccc34)ccc2c1. The standard InChI is InChI=1S/C20H13N3/c1-3-7-16-13(5-1)9-10-18(22-16)20-19-15(11-12-21-20)14-6-2-4-8-17(14)23-19/h1-12,23H. The third-order valence-corrected chi connectivity index (χ3v) is 4.27. The van der Waals surface area contributed by atoms with Crippen molar-refractivity contribution in [2.24, 2.45) is 0 Å². The lowest BCUT2D eigenvalue weighted by Gasteiger charge is -2.04. The molecule has 0 aliphatic heterocycles. The molecule has 0 bridgehead atoms. The van der Waals surface area contributed by atoms with E-state index in [1.54, 1.807) is 0 Å². The molecule has 5 rings (SSSR count). The van der Waals surface area contributed by atoms with Gasteiger partial charge < -0.3 is 4.98 Å². The molecular weight excluding hydrogens is 282 g/mol. The van der Waals surface area contributed by atoms with Gasteiger partial charge in [-0.1, -0.05) is 42.5 Å². The van der Waals surface area contributed by atoms with E-state index in [0.717, 1.165) is 33.3 Å². The second-order valence-electron chi connectivity index (χ2n) is 5.64. The van der Waals surface area contributed by atoms with E-state index in [1.165, 1.54) is 10.8 Å².